The van der Waals surface area contributed by atoms with E-state index in [0.29, 0.717) is 22.3 Å². The Morgan fingerprint density at radius 2 is 1.65 bits per heavy atom. The zero-order valence-electron chi connectivity index (χ0n) is 12.1. The Balaban J connectivity index is 2.08. The maximum absolute atomic E-state index is 12.2. The molecule has 0 heterocycles. The van der Waals surface area contributed by atoms with Gasteiger partial charge < -0.3 is 5.32 Å². The Bertz CT molecular complexity index is 803. The molecule has 23 heavy (non-hydrogen) atoms. The summed E-state index contributed by atoms with van der Waals surface area (Å²) in [5, 5.41) is 2.67. The fourth-order valence-electron chi connectivity index (χ4n) is 1.78. The van der Waals surface area contributed by atoms with E-state index in [9.17, 15) is 13.2 Å². The number of hydrogen-bond acceptors (Lipinski definition) is 3. The summed E-state index contributed by atoms with van der Waals surface area (Å²) in [5.74, 6) is -0.261. The van der Waals surface area contributed by atoms with Gasteiger partial charge in [0.1, 0.15) is 0 Å². The van der Waals surface area contributed by atoms with Gasteiger partial charge in [-0.1, -0.05) is 40.7 Å². The fraction of sp³-hybridized carbons (Fsp3) is 0.0625. The van der Waals surface area contributed by atoms with Gasteiger partial charge in [-0.3, -0.25) is 9.52 Å². The van der Waals surface area contributed by atoms with Crippen LogP contribution in [0.1, 0.15) is 10.4 Å². The Labute approximate surface area is 143 Å². The van der Waals surface area contributed by atoms with Gasteiger partial charge in [0.2, 0.25) is 0 Å². The number of rotatable bonds is 6. The summed E-state index contributed by atoms with van der Waals surface area (Å²) >= 11 is 3.16. The number of sulfonamides is 1. The molecule has 0 atom stereocenters. The molecular weight excluding hydrogens is 380 g/mol. The topological polar surface area (TPSA) is 75.3 Å². The number of nitrogens with one attached hydrogen (secondary N) is 2. The number of halogens is 1. The van der Waals surface area contributed by atoms with E-state index in [0.717, 1.165) is 0 Å². The first-order chi connectivity index (χ1) is 10.9. The van der Waals surface area contributed by atoms with Crippen LogP contribution in [0.15, 0.2) is 70.6 Å². The summed E-state index contributed by atoms with van der Waals surface area (Å²) in [6.07, 6.45) is 0. The number of carbonyl (C=O) groups excluding carboxylic acids is 1. The van der Waals surface area contributed by atoms with Crippen molar-refractivity contribution in [1.82, 2.24) is 5.32 Å². The quantitative estimate of drug-likeness (QED) is 0.789. The minimum absolute atomic E-state index is 0.178. The molecule has 0 aliphatic heterocycles. The van der Waals surface area contributed by atoms with Crippen molar-refractivity contribution in [2.75, 3.05) is 11.3 Å². The van der Waals surface area contributed by atoms with Crippen molar-refractivity contribution in [2.24, 2.45) is 0 Å². The van der Waals surface area contributed by atoms with E-state index in [1.165, 1.54) is 12.1 Å². The standard InChI is InChI=1S/C16H15BrN2O3S/c1-12(17)11-18-16(20)13-7-9-14(10-8-13)19-23(21,22)15-5-3-2-4-6-15/h2-10,19H,1,11H2,(H,18,20). The second-order valence-corrected chi connectivity index (χ2v) is 7.50. The molecule has 5 nitrogen and oxygen atoms in total. The Hall–Kier alpha value is -2.12. The number of anilines is 1. The van der Waals surface area contributed by atoms with Crippen LogP contribution >= 0.6 is 15.9 Å². The molecule has 2 N–H and O–H groups in total. The molecule has 0 saturated carbocycles. The third-order valence-corrected chi connectivity index (χ3v) is 4.57. The van der Waals surface area contributed by atoms with Crippen molar-refractivity contribution in [3.05, 3.63) is 71.2 Å². The van der Waals surface area contributed by atoms with E-state index in [4.69, 9.17) is 0 Å². The molecule has 0 aliphatic carbocycles. The summed E-state index contributed by atoms with van der Waals surface area (Å²) in [4.78, 5) is 12.0. The first-order valence-corrected chi connectivity index (χ1v) is 8.95. The van der Waals surface area contributed by atoms with Crippen molar-refractivity contribution >= 4 is 37.5 Å². The molecule has 0 aromatic heterocycles. The van der Waals surface area contributed by atoms with E-state index in [-0.39, 0.29) is 10.8 Å². The van der Waals surface area contributed by atoms with Gasteiger partial charge in [0.15, 0.2) is 0 Å². The van der Waals surface area contributed by atoms with Gasteiger partial charge in [-0.15, -0.1) is 0 Å². The van der Waals surface area contributed by atoms with E-state index >= 15 is 0 Å². The molecule has 0 radical (unpaired) electrons. The van der Waals surface area contributed by atoms with Crippen molar-refractivity contribution in [1.29, 1.82) is 0 Å². The van der Waals surface area contributed by atoms with Gasteiger partial charge in [0.05, 0.1) is 4.90 Å². The smallest absolute Gasteiger partial charge is 0.261 e. The molecule has 0 unspecified atom stereocenters. The summed E-state index contributed by atoms with van der Waals surface area (Å²) < 4.78 is 27.5. The molecule has 0 spiro atoms. The Kier molecular flexibility index (Phi) is 5.57. The highest BCUT2D eigenvalue weighted by Gasteiger charge is 2.13. The normalized spacial score (nSPS) is 10.8. The van der Waals surface area contributed by atoms with Crippen LogP contribution in [0, 0.1) is 0 Å². The van der Waals surface area contributed by atoms with E-state index in [1.54, 1.807) is 42.5 Å². The number of hydrogen-bond donors (Lipinski definition) is 2. The third-order valence-electron chi connectivity index (χ3n) is 2.89. The first kappa shape index (κ1) is 17.2. The largest absolute Gasteiger partial charge is 0.347 e. The van der Waals surface area contributed by atoms with Crippen LogP contribution in [0.2, 0.25) is 0 Å². The van der Waals surface area contributed by atoms with Gasteiger partial charge >= 0.3 is 0 Å². The molecule has 0 bridgehead atoms. The van der Waals surface area contributed by atoms with Gasteiger partial charge in [-0.05, 0) is 36.4 Å². The monoisotopic (exact) mass is 394 g/mol. The van der Waals surface area contributed by atoms with Crippen molar-refractivity contribution in [3.8, 4) is 0 Å². The van der Waals surface area contributed by atoms with Gasteiger partial charge in [0.25, 0.3) is 15.9 Å². The number of amides is 1. The van der Waals surface area contributed by atoms with Gasteiger partial charge in [0, 0.05) is 22.3 Å². The second-order valence-electron chi connectivity index (χ2n) is 4.70. The average molecular weight is 395 g/mol. The minimum Gasteiger partial charge on any atom is -0.347 e. The third kappa shape index (κ3) is 4.94. The van der Waals surface area contributed by atoms with E-state index < -0.39 is 10.0 Å². The van der Waals surface area contributed by atoms with Crippen LogP contribution in [0.4, 0.5) is 5.69 Å². The Morgan fingerprint density at radius 1 is 1.04 bits per heavy atom. The highest BCUT2D eigenvalue weighted by Crippen LogP contribution is 2.16. The van der Waals surface area contributed by atoms with Crippen molar-refractivity contribution in [3.63, 3.8) is 0 Å². The van der Waals surface area contributed by atoms with Crippen LogP contribution < -0.4 is 10.0 Å². The lowest BCUT2D eigenvalue weighted by atomic mass is 10.2. The van der Waals surface area contributed by atoms with Crippen LogP contribution in [0.3, 0.4) is 0 Å². The molecule has 2 aromatic rings. The maximum atomic E-state index is 12.2. The zero-order valence-corrected chi connectivity index (χ0v) is 14.5. The molecular formula is C16H15BrN2O3S. The average Bonchev–Trinajstić information content (AvgIpc) is 2.54. The lowest BCUT2D eigenvalue weighted by Crippen LogP contribution is -2.24. The van der Waals surface area contributed by atoms with Crippen molar-refractivity contribution in [2.45, 2.75) is 4.90 Å². The first-order valence-electron chi connectivity index (χ1n) is 6.68. The molecule has 120 valence electrons. The lowest BCUT2D eigenvalue weighted by Gasteiger charge is -2.09. The fourth-order valence-corrected chi connectivity index (χ4v) is 3.00. The van der Waals surface area contributed by atoms with Gasteiger partial charge in [-0.25, -0.2) is 8.42 Å². The van der Waals surface area contributed by atoms with E-state index in [2.05, 4.69) is 32.5 Å². The van der Waals surface area contributed by atoms with E-state index in [1.807, 2.05) is 0 Å². The molecule has 7 heteroatoms. The summed E-state index contributed by atoms with van der Waals surface area (Å²) in [5.41, 5.74) is 0.816. The predicted molar refractivity (Wildman–Crippen MR) is 94.1 cm³/mol. The molecule has 1 amide bonds. The highest BCUT2D eigenvalue weighted by molar-refractivity contribution is 9.11. The predicted octanol–water partition coefficient (Wildman–Crippen LogP) is 3.13. The zero-order chi connectivity index (χ0) is 16.9. The summed E-state index contributed by atoms with van der Waals surface area (Å²) in [7, 11) is -3.64. The highest BCUT2D eigenvalue weighted by atomic mass is 79.9. The molecule has 2 rings (SSSR count). The number of benzene rings is 2. The molecule has 0 fully saturated rings. The van der Waals surface area contributed by atoms with Crippen LogP contribution in [0.25, 0.3) is 0 Å². The second kappa shape index (κ2) is 7.43. The lowest BCUT2D eigenvalue weighted by molar-refractivity contribution is 0.0958. The van der Waals surface area contributed by atoms with Crippen LogP contribution in [0.5, 0.6) is 0 Å². The molecule has 0 aliphatic rings. The van der Waals surface area contributed by atoms with Crippen LogP contribution in [-0.4, -0.2) is 20.9 Å². The summed E-state index contributed by atoms with van der Waals surface area (Å²) in [6, 6.07) is 14.3. The number of carbonyl (C=O) groups is 1. The van der Waals surface area contributed by atoms with Crippen molar-refractivity contribution < 1.29 is 13.2 Å². The summed E-state index contributed by atoms with van der Waals surface area (Å²) in [6.45, 7) is 3.95. The SMILES string of the molecule is C=C(Br)CNC(=O)c1ccc(NS(=O)(=O)c2ccccc2)cc1. The molecule has 2 aromatic carbocycles. The van der Waals surface area contributed by atoms with Crippen LogP contribution in [-0.2, 0) is 10.0 Å². The minimum atomic E-state index is -3.64. The maximum Gasteiger partial charge on any atom is 0.261 e. The molecule has 0 saturated heterocycles. The Morgan fingerprint density at radius 3 is 2.22 bits per heavy atom. The van der Waals surface area contributed by atoms with Gasteiger partial charge in [-0.2, -0.15) is 0 Å².